The highest BCUT2D eigenvalue weighted by Gasteiger charge is 2.36. The van der Waals surface area contributed by atoms with Crippen LogP contribution >= 0.6 is 0 Å². The third-order valence-electron chi connectivity index (χ3n) is 3.10. The molecule has 0 bridgehead atoms. The lowest BCUT2D eigenvalue weighted by atomic mass is 10.1. The van der Waals surface area contributed by atoms with Crippen molar-refractivity contribution >= 4 is 11.5 Å². The molecule has 0 saturated carbocycles. The summed E-state index contributed by atoms with van der Waals surface area (Å²) in [6.45, 7) is 6.43. The molecule has 21 heavy (non-hydrogen) atoms. The van der Waals surface area contributed by atoms with Crippen LogP contribution in [-0.2, 0) is 4.79 Å². The zero-order valence-electron chi connectivity index (χ0n) is 12.5. The largest absolute Gasteiger partial charge is 0.454 e. The van der Waals surface area contributed by atoms with Crippen LogP contribution in [0.25, 0.3) is 0 Å². The van der Waals surface area contributed by atoms with E-state index in [0.29, 0.717) is 12.6 Å². The van der Waals surface area contributed by atoms with E-state index in [-0.39, 0.29) is 0 Å². The van der Waals surface area contributed by atoms with Crippen LogP contribution in [0.5, 0.6) is 0 Å². The molecule has 0 N–H and O–H groups in total. The number of anilines is 1. The minimum absolute atomic E-state index is 0.571. The van der Waals surface area contributed by atoms with Gasteiger partial charge >= 0.3 is 6.18 Å². The summed E-state index contributed by atoms with van der Waals surface area (Å²) in [7, 11) is 0. The molecule has 0 heterocycles. The number of ketones is 1. The maximum Gasteiger partial charge on any atom is 0.454 e. The van der Waals surface area contributed by atoms with Crippen LogP contribution in [0.1, 0.15) is 30.9 Å². The number of rotatable bonds is 6. The summed E-state index contributed by atoms with van der Waals surface area (Å²) < 4.78 is 36.8. The number of benzene rings is 1. The third-order valence-corrected chi connectivity index (χ3v) is 3.10. The second kappa shape index (κ2) is 7.29. The predicted molar refractivity (Wildman–Crippen MR) is 78.4 cm³/mol. The summed E-state index contributed by atoms with van der Waals surface area (Å²) in [6.07, 6.45) is -1.26. The van der Waals surface area contributed by atoms with Crippen LogP contribution in [0.3, 0.4) is 0 Å². The fraction of sp³-hybridized carbons (Fsp3) is 0.438. The number of aryl methyl sites for hydroxylation is 2. The molecule has 0 amide bonds. The minimum Gasteiger partial charge on any atom is -0.348 e. The molecule has 116 valence electrons. The molecule has 0 unspecified atom stereocenters. The van der Waals surface area contributed by atoms with Crippen molar-refractivity contribution in [1.82, 2.24) is 0 Å². The number of allylic oxidation sites excluding steroid dienone is 1. The van der Waals surface area contributed by atoms with Crippen molar-refractivity contribution in [3.8, 4) is 0 Å². The lowest BCUT2D eigenvalue weighted by molar-refractivity contribution is -0.165. The topological polar surface area (TPSA) is 20.3 Å². The molecule has 0 atom stereocenters. The summed E-state index contributed by atoms with van der Waals surface area (Å²) in [4.78, 5) is 12.7. The Balaban J connectivity index is 3.00. The maximum absolute atomic E-state index is 12.3. The Morgan fingerprint density at radius 2 is 1.95 bits per heavy atom. The SMILES string of the molecule is CCCCN(C=CC(=O)C(F)(F)F)c1ccc(C)cc1C. The number of halogens is 3. The van der Waals surface area contributed by atoms with Gasteiger partial charge in [0.25, 0.3) is 5.78 Å². The van der Waals surface area contributed by atoms with Gasteiger partial charge in [-0.25, -0.2) is 0 Å². The van der Waals surface area contributed by atoms with Crippen molar-refractivity contribution in [2.75, 3.05) is 11.4 Å². The van der Waals surface area contributed by atoms with E-state index in [1.165, 1.54) is 6.20 Å². The van der Waals surface area contributed by atoms with Gasteiger partial charge in [-0.3, -0.25) is 4.79 Å². The van der Waals surface area contributed by atoms with Crippen LogP contribution in [0.4, 0.5) is 18.9 Å². The maximum atomic E-state index is 12.3. The first-order chi connectivity index (χ1) is 9.75. The Bertz CT molecular complexity index is 521. The highest BCUT2D eigenvalue weighted by atomic mass is 19.4. The molecule has 2 nitrogen and oxygen atoms in total. The molecule has 0 spiro atoms. The molecule has 1 rings (SSSR count). The number of alkyl halides is 3. The van der Waals surface area contributed by atoms with Crippen LogP contribution < -0.4 is 4.90 Å². The molecular formula is C16H20F3NO. The van der Waals surface area contributed by atoms with E-state index in [9.17, 15) is 18.0 Å². The number of hydrogen-bond acceptors (Lipinski definition) is 2. The third kappa shape index (κ3) is 5.25. The van der Waals surface area contributed by atoms with E-state index in [4.69, 9.17) is 0 Å². The molecule has 0 saturated heterocycles. The summed E-state index contributed by atoms with van der Waals surface area (Å²) in [5.74, 6) is -1.84. The molecule has 0 aliphatic carbocycles. The Labute approximate surface area is 123 Å². The highest BCUT2D eigenvalue weighted by Crippen LogP contribution is 2.23. The number of unbranched alkanes of at least 4 members (excludes halogenated alkanes) is 1. The van der Waals surface area contributed by atoms with Gasteiger partial charge in [0.15, 0.2) is 0 Å². The number of carbonyl (C=O) groups excluding carboxylic acids is 1. The van der Waals surface area contributed by atoms with Gasteiger partial charge in [-0.2, -0.15) is 13.2 Å². The van der Waals surface area contributed by atoms with E-state index < -0.39 is 12.0 Å². The van der Waals surface area contributed by atoms with Crippen LogP contribution in [0.15, 0.2) is 30.5 Å². The van der Waals surface area contributed by atoms with Gasteiger partial charge in [-0.05, 0) is 31.9 Å². The molecule has 1 aromatic rings. The Hall–Kier alpha value is -1.78. The molecule has 5 heteroatoms. The predicted octanol–water partition coefficient (Wildman–Crippen LogP) is 4.56. The first-order valence-electron chi connectivity index (χ1n) is 6.89. The second-order valence-electron chi connectivity index (χ2n) is 5.01. The zero-order chi connectivity index (χ0) is 16.0. The molecule has 0 aliphatic rings. The minimum atomic E-state index is -4.82. The summed E-state index contributed by atoms with van der Waals surface area (Å²) in [6, 6.07) is 5.73. The first kappa shape index (κ1) is 17.3. The first-order valence-corrected chi connectivity index (χ1v) is 6.89. The fourth-order valence-corrected chi connectivity index (χ4v) is 1.98. The van der Waals surface area contributed by atoms with Crippen LogP contribution in [0.2, 0.25) is 0 Å². The fourth-order valence-electron chi connectivity index (χ4n) is 1.98. The highest BCUT2D eigenvalue weighted by molar-refractivity contribution is 5.94. The lowest BCUT2D eigenvalue weighted by Gasteiger charge is -2.22. The summed E-state index contributed by atoms with van der Waals surface area (Å²) in [5, 5.41) is 0. The van der Waals surface area contributed by atoms with Gasteiger partial charge in [0, 0.05) is 24.5 Å². The number of carbonyl (C=O) groups is 1. The van der Waals surface area contributed by atoms with Gasteiger partial charge < -0.3 is 4.90 Å². The van der Waals surface area contributed by atoms with E-state index in [2.05, 4.69) is 0 Å². The van der Waals surface area contributed by atoms with Crippen molar-refractivity contribution in [2.45, 2.75) is 39.8 Å². The number of nitrogens with zero attached hydrogens (tertiary/aromatic N) is 1. The van der Waals surface area contributed by atoms with Crippen molar-refractivity contribution in [3.63, 3.8) is 0 Å². The molecular weight excluding hydrogens is 279 g/mol. The lowest BCUT2D eigenvalue weighted by Crippen LogP contribution is -2.23. The van der Waals surface area contributed by atoms with Gasteiger partial charge in [-0.1, -0.05) is 31.0 Å². The summed E-state index contributed by atoms with van der Waals surface area (Å²) >= 11 is 0. The van der Waals surface area contributed by atoms with E-state index in [1.54, 1.807) is 4.90 Å². The van der Waals surface area contributed by atoms with Crippen molar-refractivity contribution < 1.29 is 18.0 Å². The monoisotopic (exact) mass is 299 g/mol. The Morgan fingerprint density at radius 3 is 2.48 bits per heavy atom. The normalized spacial score (nSPS) is 11.9. The van der Waals surface area contributed by atoms with Crippen molar-refractivity contribution in [2.24, 2.45) is 0 Å². The van der Waals surface area contributed by atoms with E-state index in [1.807, 2.05) is 39.0 Å². The van der Waals surface area contributed by atoms with Gasteiger partial charge in [-0.15, -0.1) is 0 Å². The van der Waals surface area contributed by atoms with Crippen molar-refractivity contribution in [1.29, 1.82) is 0 Å². The average Bonchev–Trinajstić information content (AvgIpc) is 2.38. The van der Waals surface area contributed by atoms with Crippen LogP contribution in [-0.4, -0.2) is 18.5 Å². The Morgan fingerprint density at radius 1 is 1.29 bits per heavy atom. The van der Waals surface area contributed by atoms with Gasteiger partial charge in [0.1, 0.15) is 0 Å². The van der Waals surface area contributed by atoms with Gasteiger partial charge in [0.2, 0.25) is 0 Å². The Kier molecular flexibility index (Phi) is 6.00. The zero-order valence-corrected chi connectivity index (χ0v) is 12.5. The van der Waals surface area contributed by atoms with E-state index in [0.717, 1.165) is 29.7 Å². The quantitative estimate of drug-likeness (QED) is 0.718. The summed E-state index contributed by atoms with van der Waals surface area (Å²) in [5.41, 5.74) is 2.87. The molecule has 1 aromatic carbocycles. The molecule has 0 radical (unpaired) electrons. The molecule has 0 fully saturated rings. The average molecular weight is 299 g/mol. The van der Waals surface area contributed by atoms with Crippen LogP contribution in [0, 0.1) is 13.8 Å². The van der Waals surface area contributed by atoms with Gasteiger partial charge in [0.05, 0.1) is 0 Å². The van der Waals surface area contributed by atoms with Crippen molar-refractivity contribution in [3.05, 3.63) is 41.6 Å². The standard InChI is InChI=1S/C16H20F3NO/c1-4-5-9-20(10-8-15(21)16(17,18)19)14-7-6-12(2)11-13(14)3/h6-8,10-11H,4-5,9H2,1-3H3. The molecule has 0 aliphatic heterocycles. The smallest absolute Gasteiger partial charge is 0.348 e. The number of hydrogen-bond donors (Lipinski definition) is 0. The van der Waals surface area contributed by atoms with E-state index >= 15 is 0 Å². The molecule has 0 aromatic heterocycles. The second-order valence-corrected chi connectivity index (χ2v) is 5.01.